The first-order chi connectivity index (χ1) is 63.8. The van der Waals surface area contributed by atoms with Gasteiger partial charge < -0.3 is 65.2 Å². The van der Waals surface area contributed by atoms with Crippen LogP contribution in [0.1, 0.15) is 129 Å². The Bertz CT molecular complexity index is 5470. The monoisotopic (exact) mass is 2150 g/mol. The van der Waals surface area contributed by atoms with Gasteiger partial charge in [-0.25, -0.2) is 61.9 Å². The number of hydrogen-bond donors (Lipinski definition) is 11. The summed E-state index contributed by atoms with van der Waals surface area (Å²) in [7, 11) is 0. The molecule has 0 unspecified atom stereocenters. The summed E-state index contributed by atoms with van der Waals surface area (Å²) in [5.74, 6) is 0.598. The molecule has 9 amide bonds. The number of cyclic esters (lactones) is 3. The largest absolute Gasteiger partial charge is 0.444 e. The second-order valence-electron chi connectivity index (χ2n) is 32.3. The Labute approximate surface area is 857 Å². The minimum Gasteiger partial charge on any atom is -0.444 e. The van der Waals surface area contributed by atoms with Gasteiger partial charge in [0.15, 0.2) is 15.5 Å². The van der Waals surface area contributed by atoms with Crippen molar-refractivity contribution >= 4 is 171 Å². The van der Waals surface area contributed by atoms with Gasteiger partial charge in [-0.1, -0.05) is 154 Å². The van der Waals surface area contributed by atoms with E-state index in [9.17, 15) is 51.9 Å². The molecule has 48 heteroatoms. The highest BCUT2D eigenvalue weighted by molar-refractivity contribution is 9.09. The van der Waals surface area contributed by atoms with Crippen molar-refractivity contribution in [3.63, 3.8) is 0 Å². The second-order valence-corrected chi connectivity index (χ2v) is 36.9. The van der Waals surface area contributed by atoms with Crippen LogP contribution in [0.4, 0.5) is 59.0 Å². The SMILES string of the molecule is C.C.C.C.CC(=O)NC[C@H]1CN(c2ccc(-c3ccc(CCl)cc3)c(F)c2)C(=O)O1.CC(=O)NC[C@H]1CN(c2ccc(-c3ccc(CN(CCSc4ncn[nH]4)C(=O)OC(C)(C)C)cc3)c(F)c2)C(=O)O1.CC(=O)NC[C@H]1CN(c2ccc(-c3ccc(CNCCSc4ncn[nH]4)cc3)c(F)c2)C(=O)O1.CC(C)(C)OC(=O)NCCBr.CC(C)(C)OC(=O)NCCSc1ncn[nH]1.Cl.Cl.S=c1nc[nH][nH]1. The maximum atomic E-state index is 15.2. The van der Waals surface area contributed by atoms with Gasteiger partial charge in [0.2, 0.25) is 22.5 Å². The summed E-state index contributed by atoms with van der Waals surface area (Å²) in [4.78, 5) is 126. The molecule has 0 saturated carbocycles. The van der Waals surface area contributed by atoms with Crippen LogP contribution in [-0.4, -0.2) is 243 Å². The number of carbonyl (C=O) groups is 9. The summed E-state index contributed by atoms with van der Waals surface area (Å²) in [6, 6.07) is 36.1. The van der Waals surface area contributed by atoms with Crippen LogP contribution in [-0.2, 0) is 61.8 Å². The number of aromatic amines is 5. The van der Waals surface area contributed by atoms with E-state index in [-0.39, 0.29) is 118 Å². The minimum absolute atomic E-state index is 0. The number of rotatable bonds is 31. The topological polar surface area (TPSA) is 463 Å². The van der Waals surface area contributed by atoms with Crippen molar-refractivity contribution in [1.29, 1.82) is 0 Å². The fourth-order valence-corrected chi connectivity index (χ4v) is 14.5. The number of aromatic nitrogens is 12. The van der Waals surface area contributed by atoms with E-state index in [0.717, 1.165) is 55.8 Å². The lowest BCUT2D eigenvalue weighted by atomic mass is 10.0. The molecule has 6 aromatic carbocycles. The van der Waals surface area contributed by atoms with E-state index < -0.39 is 83.0 Å². The third-order valence-corrected chi connectivity index (χ3v) is 21.5. The lowest BCUT2D eigenvalue weighted by Crippen LogP contribution is -2.37. The molecule has 3 saturated heterocycles. The quantitative estimate of drug-likeness (QED) is 0.00632. The van der Waals surface area contributed by atoms with Crippen molar-refractivity contribution in [3.8, 4) is 33.4 Å². The zero-order valence-electron chi connectivity index (χ0n) is 76.6. The summed E-state index contributed by atoms with van der Waals surface area (Å²) in [6.45, 7) is 25.3. The number of benzene rings is 6. The molecule has 3 atom stereocenters. The third-order valence-electron chi connectivity index (χ3n) is 17.9. The summed E-state index contributed by atoms with van der Waals surface area (Å²) in [6.07, 6.45) is 1.52. The van der Waals surface area contributed by atoms with Crippen LogP contribution in [0.3, 0.4) is 0 Å². The van der Waals surface area contributed by atoms with Crippen molar-refractivity contribution in [2.75, 3.05) is 103 Å². The maximum Gasteiger partial charge on any atom is 0.414 e. The average Bonchev–Trinajstić information content (AvgIpc) is 1.60. The van der Waals surface area contributed by atoms with Gasteiger partial charge in [-0.2, -0.15) is 15.3 Å². The van der Waals surface area contributed by atoms with E-state index in [1.807, 2.05) is 123 Å². The minimum atomic E-state index is -0.640. The van der Waals surface area contributed by atoms with Crippen molar-refractivity contribution in [1.82, 2.24) is 97.5 Å². The molecular weight excluding hydrogens is 2020 g/mol. The van der Waals surface area contributed by atoms with Crippen LogP contribution in [0.2, 0.25) is 0 Å². The van der Waals surface area contributed by atoms with Crippen molar-refractivity contribution in [2.45, 2.75) is 182 Å². The lowest BCUT2D eigenvalue weighted by Gasteiger charge is -2.27. The predicted molar refractivity (Wildman–Crippen MR) is 551 cm³/mol. The summed E-state index contributed by atoms with van der Waals surface area (Å²) in [5.41, 5.74) is 6.00. The number of ether oxygens (including phenoxy) is 6. The fourth-order valence-electron chi connectivity index (χ4n) is 11.9. The number of nitrogens with zero attached hydrogens (tertiary/aromatic N) is 11. The van der Waals surface area contributed by atoms with E-state index in [2.05, 4.69) is 121 Å². The molecule has 7 heterocycles. The molecular formula is C92H127BrCl3F3N22O15S4. The highest BCUT2D eigenvalue weighted by Crippen LogP contribution is 2.34. The van der Waals surface area contributed by atoms with Gasteiger partial charge in [-0.05, 0) is 163 Å². The molecule has 0 spiro atoms. The zero-order chi connectivity index (χ0) is 97.5. The number of halogens is 7. The summed E-state index contributed by atoms with van der Waals surface area (Å²) >= 11 is 18.0. The van der Waals surface area contributed by atoms with Gasteiger partial charge >= 0.3 is 36.6 Å². The van der Waals surface area contributed by atoms with Crippen LogP contribution in [0.15, 0.2) is 168 Å². The number of nitrogens with one attached hydrogen (secondary N) is 11. The van der Waals surface area contributed by atoms with Crippen molar-refractivity contribution < 1.29 is 84.7 Å². The van der Waals surface area contributed by atoms with Gasteiger partial charge in [0.25, 0.3) is 0 Å². The van der Waals surface area contributed by atoms with Gasteiger partial charge in [0.05, 0.1) is 56.3 Å². The zero-order valence-corrected chi connectivity index (χ0v) is 83.8. The number of amides is 9. The fraction of sp³-hybridized carbons (Fsp3) is 0.424. The smallest absolute Gasteiger partial charge is 0.414 e. The molecule has 3 aliphatic heterocycles. The lowest BCUT2D eigenvalue weighted by molar-refractivity contribution is -0.120. The van der Waals surface area contributed by atoms with Crippen LogP contribution < -0.4 is 46.6 Å². The maximum absolute atomic E-state index is 15.2. The Balaban J connectivity index is 0.000000607. The Morgan fingerprint density at radius 3 is 1.15 bits per heavy atom. The van der Waals surface area contributed by atoms with E-state index >= 15 is 4.39 Å². The molecule has 140 heavy (non-hydrogen) atoms. The van der Waals surface area contributed by atoms with E-state index in [1.54, 1.807) is 65.2 Å². The Morgan fingerprint density at radius 2 is 0.843 bits per heavy atom. The van der Waals surface area contributed by atoms with Gasteiger partial charge in [0.1, 0.15) is 77.9 Å². The molecule has 13 rings (SSSR count). The summed E-state index contributed by atoms with van der Waals surface area (Å²) in [5, 5.41) is 44.2. The Kier molecular flexibility index (Phi) is 55.5. The number of anilines is 3. The molecule has 768 valence electrons. The molecule has 37 nitrogen and oxygen atoms in total. The number of alkyl carbamates (subject to hydrolysis) is 2. The molecule has 3 fully saturated rings. The number of hydrogen-bond acceptors (Lipinski definition) is 27. The van der Waals surface area contributed by atoms with Crippen LogP contribution in [0.25, 0.3) is 33.4 Å². The third kappa shape index (κ3) is 44.8. The van der Waals surface area contributed by atoms with Crippen molar-refractivity contribution in [3.05, 3.63) is 192 Å². The van der Waals surface area contributed by atoms with Gasteiger partial charge in [-0.3, -0.25) is 54.6 Å². The number of thioether (sulfide) groups is 3. The number of alkyl halides is 2. The highest BCUT2D eigenvalue weighted by atomic mass is 79.9. The molecule has 4 aromatic heterocycles. The Morgan fingerprint density at radius 1 is 0.493 bits per heavy atom. The number of H-pyrrole nitrogens is 5. The Hall–Kier alpha value is -11.7. The van der Waals surface area contributed by atoms with Gasteiger partial charge in [-0.15, -0.1) is 36.4 Å². The second kappa shape index (κ2) is 62.5. The average molecular weight is 2150 g/mol. The van der Waals surface area contributed by atoms with Crippen LogP contribution in [0.5, 0.6) is 0 Å². The predicted octanol–water partition coefficient (Wildman–Crippen LogP) is 18.4. The first kappa shape index (κ1) is 124. The standard InChI is InChI=1S/C28H33FN6O5S.C23H25FN6O3S.C19H18ClFN2O3.C9H16N4O2S.C7H14BrNO2.C2H3N3S.4CH4.2ClH/c1-18(36)30-14-22-16-35(27(38)39-22)21-9-10-23(24(29)13-21)20-7-5-19(6-8-20)15-34(26(37)40-28(2,3)4)11-12-41-25-31-17-32-33-25;1-15(31)26-12-19-13-30(23(32)33-19)18-6-7-20(21(24)10-18)17-4-2-16(3-5-17)11-25-8-9-34-22-27-14-28-29-22;1-12(24)22-10-16-11-23(19(25)26-16)15-6-7-17(18(21)8-15)14-4-2-13(9-20)3-5-14;1-9(2,3)15-8(14)10-4-5-16-7-11-6-12-13-7;1-7(2,3)11-6(10)9-5-4-8;6-2-3-1-4-5-2;;;;;;/h5-10,13,17,22H,11-12,14-16H2,1-4H3,(H,30,36)(H,31,32,33);2-7,10,14,19,25H,8-9,11-13H2,1H3,(H,26,31)(H,27,28,29);2-8,16H,9-11H2,1H3,(H,22,24);6H,4-5H2,1-3H3,(H,10,14)(H,11,12,13);4-5H2,1-3H3,(H,9,10);1H,(H2,3,4,5,6);4*1H4;2*1H/t22-;19-;16-;;;;;;;;;/m000........./s1. The molecule has 0 radical (unpaired) electrons. The van der Waals surface area contributed by atoms with E-state index in [0.29, 0.717) is 99.4 Å². The van der Waals surface area contributed by atoms with Gasteiger partial charge in [0, 0.05) is 105 Å². The van der Waals surface area contributed by atoms with E-state index in [1.165, 1.54) is 103 Å². The summed E-state index contributed by atoms with van der Waals surface area (Å²) < 4.78 is 76.5. The molecule has 11 N–H and O–H groups in total. The first-order valence-electron chi connectivity index (χ1n) is 41.9. The van der Waals surface area contributed by atoms with Crippen LogP contribution in [0, 0.1) is 22.2 Å². The van der Waals surface area contributed by atoms with Crippen molar-refractivity contribution in [2.24, 2.45) is 0 Å². The molecule has 0 bridgehead atoms. The molecule has 10 aromatic rings. The molecule has 0 aliphatic carbocycles. The van der Waals surface area contributed by atoms with Crippen LogP contribution >= 0.6 is 99.8 Å². The van der Waals surface area contributed by atoms with E-state index in [4.69, 9.17) is 40.0 Å². The molecule has 3 aliphatic rings. The first-order valence-corrected chi connectivity index (χ1v) is 46.9. The normalized spacial score (nSPS) is 13.7. The number of carbonyl (C=O) groups excluding carboxylic acids is 9. The highest BCUT2D eigenvalue weighted by Gasteiger charge is 2.36.